The lowest BCUT2D eigenvalue weighted by atomic mass is 10.1. The summed E-state index contributed by atoms with van der Waals surface area (Å²) < 4.78 is 0. The Morgan fingerprint density at radius 2 is 2.00 bits per heavy atom. The molecule has 1 N–H and O–H groups in total. The minimum absolute atomic E-state index is 0.0370. The summed E-state index contributed by atoms with van der Waals surface area (Å²) in [5.74, 6) is 0. The Balaban J connectivity index is 2.23. The SMILES string of the molecule is Cc1ccc(Cl)c2c1Nc1c(cc(Cl)cc1[N+](=O)[O-])S2. The number of fused-ring (bicyclic) bond motifs is 2. The van der Waals surface area contributed by atoms with Crippen molar-refractivity contribution in [1.82, 2.24) is 0 Å². The van der Waals surface area contributed by atoms with Crippen molar-refractivity contribution in [2.45, 2.75) is 16.7 Å². The quantitative estimate of drug-likeness (QED) is 0.479. The van der Waals surface area contributed by atoms with Crippen LogP contribution in [-0.4, -0.2) is 4.92 Å². The summed E-state index contributed by atoms with van der Waals surface area (Å²) in [4.78, 5) is 12.3. The number of halogens is 2. The maximum Gasteiger partial charge on any atom is 0.295 e. The summed E-state index contributed by atoms with van der Waals surface area (Å²) >= 11 is 13.5. The third-order valence-corrected chi connectivity index (χ3v) is 4.84. The Hall–Kier alpha value is -1.43. The number of aryl methyl sites for hydroxylation is 1. The lowest BCUT2D eigenvalue weighted by Gasteiger charge is -2.23. The van der Waals surface area contributed by atoms with Crippen LogP contribution in [0.2, 0.25) is 10.0 Å². The molecular weight excluding hydrogens is 319 g/mol. The molecule has 102 valence electrons. The van der Waals surface area contributed by atoms with Gasteiger partial charge >= 0.3 is 0 Å². The summed E-state index contributed by atoms with van der Waals surface area (Å²) in [6, 6.07) is 6.73. The fraction of sp³-hybridized carbons (Fsp3) is 0.0769. The molecule has 0 amide bonds. The number of hydrogen-bond acceptors (Lipinski definition) is 4. The van der Waals surface area contributed by atoms with Crippen LogP contribution in [0.3, 0.4) is 0 Å². The zero-order valence-corrected chi connectivity index (χ0v) is 12.6. The Morgan fingerprint density at radius 1 is 1.25 bits per heavy atom. The van der Waals surface area contributed by atoms with Crippen molar-refractivity contribution in [1.29, 1.82) is 0 Å². The van der Waals surface area contributed by atoms with E-state index in [9.17, 15) is 10.1 Å². The predicted octanol–water partition coefficient (Wildman–Crippen LogP) is 5.42. The van der Waals surface area contributed by atoms with Gasteiger partial charge in [-0.15, -0.1) is 0 Å². The Morgan fingerprint density at radius 3 is 2.70 bits per heavy atom. The van der Waals surface area contributed by atoms with Crippen LogP contribution in [0.4, 0.5) is 17.1 Å². The third kappa shape index (κ3) is 2.12. The van der Waals surface area contributed by atoms with E-state index in [0.717, 1.165) is 16.1 Å². The van der Waals surface area contributed by atoms with Crippen molar-refractivity contribution in [3.05, 3.63) is 50.0 Å². The monoisotopic (exact) mass is 326 g/mol. The van der Waals surface area contributed by atoms with Crippen LogP contribution in [0.1, 0.15) is 5.56 Å². The zero-order valence-electron chi connectivity index (χ0n) is 10.2. The zero-order chi connectivity index (χ0) is 14.4. The minimum Gasteiger partial charge on any atom is -0.348 e. The number of nitro benzene ring substituents is 1. The number of nitro groups is 1. The van der Waals surface area contributed by atoms with E-state index in [1.807, 2.05) is 19.1 Å². The van der Waals surface area contributed by atoms with Crippen molar-refractivity contribution < 1.29 is 4.92 Å². The van der Waals surface area contributed by atoms with Crippen molar-refractivity contribution in [3.8, 4) is 0 Å². The van der Waals surface area contributed by atoms with E-state index in [2.05, 4.69) is 5.32 Å². The molecule has 0 radical (unpaired) electrons. The number of nitrogens with zero attached hydrogens (tertiary/aromatic N) is 1. The van der Waals surface area contributed by atoms with Gasteiger partial charge in [-0.1, -0.05) is 41.0 Å². The average molecular weight is 327 g/mol. The molecule has 1 aliphatic rings. The van der Waals surface area contributed by atoms with Crippen LogP contribution in [0, 0.1) is 17.0 Å². The molecule has 0 saturated carbocycles. The van der Waals surface area contributed by atoms with Crippen LogP contribution < -0.4 is 5.32 Å². The van der Waals surface area contributed by atoms with Crippen LogP contribution in [0.15, 0.2) is 34.1 Å². The lowest BCUT2D eigenvalue weighted by molar-refractivity contribution is -0.384. The predicted molar refractivity (Wildman–Crippen MR) is 81.7 cm³/mol. The van der Waals surface area contributed by atoms with Gasteiger partial charge in [0.05, 0.1) is 20.5 Å². The highest BCUT2D eigenvalue weighted by atomic mass is 35.5. The first-order chi connectivity index (χ1) is 9.47. The van der Waals surface area contributed by atoms with E-state index in [0.29, 0.717) is 20.6 Å². The molecule has 0 aromatic heterocycles. The maximum absolute atomic E-state index is 11.2. The van der Waals surface area contributed by atoms with E-state index in [4.69, 9.17) is 23.2 Å². The Labute approximate surface area is 129 Å². The third-order valence-electron chi connectivity index (χ3n) is 3.02. The summed E-state index contributed by atoms with van der Waals surface area (Å²) in [6.07, 6.45) is 0. The first kappa shape index (κ1) is 13.5. The first-order valence-electron chi connectivity index (χ1n) is 5.69. The van der Waals surface area contributed by atoms with Gasteiger partial charge in [-0.3, -0.25) is 10.1 Å². The normalized spacial score (nSPS) is 12.3. The van der Waals surface area contributed by atoms with Gasteiger partial charge in [-0.05, 0) is 24.6 Å². The molecule has 2 aromatic carbocycles. The van der Waals surface area contributed by atoms with Crippen molar-refractivity contribution in [3.63, 3.8) is 0 Å². The average Bonchev–Trinajstić information content (AvgIpc) is 2.40. The highest BCUT2D eigenvalue weighted by Gasteiger charge is 2.27. The number of rotatable bonds is 1. The van der Waals surface area contributed by atoms with Crippen molar-refractivity contribution in [2.75, 3.05) is 5.32 Å². The second-order valence-corrected chi connectivity index (χ2v) is 6.25. The molecule has 0 saturated heterocycles. The highest BCUT2D eigenvalue weighted by molar-refractivity contribution is 7.99. The maximum atomic E-state index is 11.2. The molecule has 1 aliphatic heterocycles. The molecule has 0 aliphatic carbocycles. The smallest absolute Gasteiger partial charge is 0.295 e. The van der Waals surface area contributed by atoms with Gasteiger partial charge in [-0.2, -0.15) is 0 Å². The molecule has 7 heteroatoms. The fourth-order valence-corrected chi connectivity index (χ4v) is 3.76. The molecular formula is C13H8Cl2N2O2S. The van der Waals surface area contributed by atoms with Crippen LogP contribution >= 0.6 is 35.0 Å². The largest absolute Gasteiger partial charge is 0.348 e. The van der Waals surface area contributed by atoms with E-state index in [-0.39, 0.29) is 5.69 Å². The van der Waals surface area contributed by atoms with Gasteiger partial charge < -0.3 is 5.32 Å². The molecule has 20 heavy (non-hydrogen) atoms. The molecule has 0 bridgehead atoms. The molecule has 0 unspecified atom stereocenters. The topological polar surface area (TPSA) is 55.2 Å². The van der Waals surface area contributed by atoms with Gasteiger partial charge in [0, 0.05) is 16.0 Å². The first-order valence-corrected chi connectivity index (χ1v) is 7.26. The number of benzene rings is 2. The van der Waals surface area contributed by atoms with Crippen molar-refractivity contribution >= 4 is 52.0 Å². The summed E-state index contributed by atoms with van der Waals surface area (Å²) in [6.45, 7) is 1.93. The van der Waals surface area contributed by atoms with Gasteiger partial charge in [0.15, 0.2) is 0 Å². The second kappa shape index (κ2) is 4.84. The molecule has 3 rings (SSSR count). The number of hydrogen-bond donors (Lipinski definition) is 1. The fourth-order valence-electron chi connectivity index (χ4n) is 2.06. The van der Waals surface area contributed by atoms with E-state index < -0.39 is 4.92 Å². The molecule has 4 nitrogen and oxygen atoms in total. The Kier molecular flexibility index (Phi) is 3.28. The summed E-state index contributed by atoms with van der Waals surface area (Å²) in [5, 5.41) is 15.2. The van der Waals surface area contributed by atoms with E-state index in [1.165, 1.54) is 17.8 Å². The van der Waals surface area contributed by atoms with E-state index in [1.54, 1.807) is 6.07 Å². The van der Waals surface area contributed by atoms with Crippen LogP contribution in [0.5, 0.6) is 0 Å². The van der Waals surface area contributed by atoms with Crippen LogP contribution in [-0.2, 0) is 0 Å². The van der Waals surface area contributed by atoms with Gasteiger partial charge in [-0.25, -0.2) is 0 Å². The van der Waals surface area contributed by atoms with Gasteiger partial charge in [0.25, 0.3) is 5.69 Å². The highest BCUT2D eigenvalue weighted by Crippen LogP contribution is 2.51. The molecule has 0 fully saturated rings. The lowest BCUT2D eigenvalue weighted by Crippen LogP contribution is -2.05. The van der Waals surface area contributed by atoms with Gasteiger partial charge in [0.2, 0.25) is 0 Å². The minimum atomic E-state index is -0.441. The van der Waals surface area contributed by atoms with Crippen LogP contribution in [0.25, 0.3) is 0 Å². The molecule has 2 aromatic rings. The van der Waals surface area contributed by atoms with Crippen molar-refractivity contribution in [2.24, 2.45) is 0 Å². The molecule has 1 heterocycles. The summed E-state index contributed by atoms with van der Waals surface area (Å²) in [7, 11) is 0. The Bertz CT molecular complexity index is 750. The number of nitrogens with one attached hydrogen (secondary N) is 1. The number of anilines is 2. The standard InChI is InChI=1S/C13H8Cl2N2O2S/c1-6-2-3-8(15)13-11(6)16-12-9(17(18)19)4-7(14)5-10(12)20-13/h2-5,16H,1H3. The molecule has 0 spiro atoms. The molecule has 0 atom stereocenters. The van der Waals surface area contributed by atoms with Gasteiger partial charge in [0.1, 0.15) is 5.69 Å². The summed E-state index contributed by atoms with van der Waals surface area (Å²) in [5.41, 5.74) is 2.21. The second-order valence-electron chi connectivity index (χ2n) is 4.35. The van der Waals surface area contributed by atoms with E-state index >= 15 is 0 Å².